The Morgan fingerprint density at radius 1 is 0.647 bits per heavy atom. The van der Waals surface area contributed by atoms with E-state index in [1.54, 1.807) is 0 Å². The van der Waals surface area contributed by atoms with Gasteiger partial charge in [-0.3, -0.25) is 0 Å². The van der Waals surface area contributed by atoms with E-state index in [2.05, 4.69) is 95.3 Å². The predicted octanol–water partition coefficient (Wildman–Crippen LogP) is 8.02. The second-order valence-electron chi connectivity index (χ2n) is 10.9. The molecule has 0 aromatic heterocycles. The molecule has 0 saturated carbocycles. The SMILES string of the molecule is CCCCCCCCCCCCCO[Si](OC(C)C(C)(C)C)(c1ccccc1)c1ccccc1. The Bertz CT molecular complexity index is 715. The number of hydrogen-bond donors (Lipinski definition) is 0. The first-order valence-corrected chi connectivity index (χ1v) is 15.6. The topological polar surface area (TPSA) is 18.5 Å². The lowest BCUT2D eigenvalue weighted by Crippen LogP contribution is -2.65. The molecule has 2 aromatic carbocycles. The lowest BCUT2D eigenvalue weighted by Gasteiger charge is -2.38. The van der Waals surface area contributed by atoms with Crippen LogP contribution in [0.3, 0.4) is 0 Å². The Kier molecular flexibility index (Phi) is 13.2. The average molecular weight is 483 g/mol. The molecular weight excluding hydrogens is 432 g/mol. The summed E-state index contributed by atoms with van der Waals surface area (Å²) in [5.74, 6) is 0. The fraction of sp³-hybridized carbons (Fsp3) is 0.613. The van der Waals surface area contributed by atoms with Gasteiger partial charge in [-0.15, -0.1) is 0 Å². The summed E-state index contributed by atoms with van der Waals surface area (Å²) >= 11 is 0. The molecule has 0 saturated heterocycles. The normalized spacial score (nSPS) is 13.2. The van der Waals surface area contributed by atoms with E-state index in [9.17, 15) is 0 Å². The summed E-state index contributed by atoms with van der Waals surface area (Å²) in [5, 5.41) is 2.39. The monoisotopic (exact) mass is 482 g/mol. The van der Waals surface area contributed by atoms with Crippen LogP contribution in [0.5, 0.6) is 0 Å². The molecule has 190 valence electrons. The molecule has 0 amide bonds. The van der Waals surface area contributed by atoms with Crippen LogP contribution in [0.4, 0.5) is 0 Å². The van der Waals surface area contributed by atoms with Crippen molar-refractivity contribution < 1.29 is 8.85 Å². The van der Waals surface area contributed by atoms with Gasteiger partial charge in [0.25, 0.3) is 0 Å². The predicted molar refractivity (Wildman–Crippen MR) is 150 cm³/mol. The first kappa shape index (κ1) is 28.8. The van der Waals surface area contributed by atoms with Crippen molar-refractivity contribution >= 4 is 18.9 Å². The fourth-order valence-corrected chi connectivity index (χ4v) is 7.78. The van der Waals surface area contributed by atoms with Gasteiger partial charge < -0.3 is 8.85 Å². The van der Waals surface area contributed by atoms with Gasteiger partial charge in [-0.25, -0.2) is 0 Å². The Balaban J connectivity index is 1.97. The van der Waals surface area contributed by atoms with E-state index in [4.69, 9.17) is 8.85 Å². The second kappa shape index (κ2) is 15.5. The molecule has 1 atom stereocenters. The average Bonchev–Trinajstić information content (AvgIpc) is 2.84. The molecule has 0 radical (unpaired) electrons. The molecule has 0 N–H and O–H groups in total. The van der Waals surface area contributed by atoms with Crippen molar-refractivity contribution in [1.29, 1.82) is 0 Å². The highest BCUT2D eigenvalue weighted by Crippen LogP contribution is 2.26. The third-order valence-electron chi connectivity index (χ3n) is 6.92. The van der Waals surface area contributed by atoms with Gasteiger partial charge in [0.05, 0.1) is 0 Å². The molecule has 0 spiro atoms. The standard InChI is InChI=1S/C31H50O2Si/c1-6-7-8-9-10-11-12-13-14-15-22-27-32-34(29-23-18-16-19-24-29,30-25-20-17-21-26-30)33-28(2)31(3,4)5/h16-21,23-26,28H,6-15,22,27H2,1-5H3. The maximum Gasteiger partial charge on any atom is 0.407 e. The highest BCUT2D eigenvalue weighted by Gasteiger charge is 2.45. The Labute approximate surface area is 211 Å². The first-order valence-electron chi connectivity index (χ1n) is 13.8. The third-order valence-corrected chi connectivity index (χ3v) is 10.4. The van der Waals surface area contributed by atoms with Crippen molar-refractivity contribution in [3.8, 4) is 0 Å². The summed E-state index contributed by atoms with van der Waals surface area (Å²) in [4.78, 5) is 0. The van der Waals surface area contributed by atoms with Crippen molar-refractivity contribution in [3.05, 3.63) is 60.7 Å². The molecule has 34 heavy (non-hydrogen) atoms. The third kappa shape index (κ3) is 9.68. The Hall–Kier alpha value is -1.42. The van der Waals surface area contributed by atoms with Crippen LogP contribution in [0.1, 0.15) is 105 Å². The molecule has 2 nitrogen and oxygen atoms in total. The van der Waals surface area contributed by atoms with Crippen LogP contribution in [0.15, 0.2) is 60.7 Å². The van der Waals surface area contributed by atoms with Gasteiger partial charge in [0, 0.05) is 12.7 Å². The van der Waals surface area contributed by atoms with Crippen LogP contribution in [0.2, 0.25) is 0 Å². The second-order valence-corrected chi connectivity index (χ2v) is 13.8. The van der Waals surface area contributed by atoms with Crippen molar-refractivity contribution in [2.45, 2.75) is 111 Å². The first-order chi connectivity index (χ1) is 16.4. The molecule has 0 fully saturated rings. The molecule has 2 rings (SSSR count). The number of unbranched alkanes of at least 4 members (excludes halogenated alkanes) is 10. The van der Waals surface area contributed by atoms with Crippen molar-refractivity contribution in [1.82, 2.24) is 0 Å². The number of benzene rings is 2. The highest BCUT2D eigenvalue weighted by atomic mass is 28.4. The maximum atomic E-state index is 6.99. The summed E-state index contributed by atoms with van der Waals surface area (Å²) < 4.78 is 13.9. The quantitative estimate of drug-likeness (QED) is 0.168. The molecule has 0 aliphatic carbocycles. The van der Waals surface area contributed by atoms with Crippen LogP contribution < -0.4 is 10.4 Å². The van der Waals surface area contributed by atoms with Gasteiger partial charge in [0.1, 0.15) is 0 Å². The summed E-state index contributed by atoms with van der Waals surface area (Å²) in [7, 11) is -2.82. The molecule has 1 unspecified atom stereocenters. The Morgan fingerprint density at radius 2 is 1.06 bits per heavy atom. The van der Waals surface area contributed by atoms with E-state index in [1.807, 2.05) is 0 Å². The van der Waals surface area contributed by atoms with Gasteiger partial charge >= 0.3 is 8.56 Å². The van der Waals surface area contributed by atoms with E-state index in [0.29, 0.717) is 0 Å². The van der Waals surface area contributed by atoms with Gasteiger partial charge in [-0.1, -0.05) is 153 Å². The molecular formula is C31H50O2Si. The minimum Gasteiger partial charge on any atom is -0.388 e. The van der Waals surface area contributed by atoms with Crippen LogP contribution in [-0.4, -0.2) is 21.3 Å². The van der Waals surface area contributed by atoms with Gasteiger partial charge in [0.2, 0.25) is 0 Å². The van der Waals surface area contributed by atoms with E-state index in [-0.39, 0.29) is 11.5 Å². The van der Waals surface area contributed by atoms with Crippen molar-refractivity contribution in [2.24, 2.45) is 5.41 Å². The Morgan fingerprint density at radius 3 is 1.47 bits per heavy atom. The molecule has 0 aliphatic rings. The fourth-order valence-electron chi connectivity index (χ4n) is 4.23. The maximum absolute atomic E-state index is 6.99. The molecule has 2 aromatic rings. The largest absolute Gasteiger partial charge is 0.407 e. The molecule has 0 heterocycles. The van der Waals surface area contributed by atoms with Crippen molar-refractivity contribution in [2.75, 3.05) is 6.61 Å². The molecule has 3 heteroatoms. The molecule has 0 aliphatic heterocycles. The van der Waals surface area contributed by atoms with E-state index >= 15 is 0 Å². The van der Waals surface area contributed by atoms with Crippen LogP contribution in [-0.2, 0) is 8.85 Å². The summed E-state index contributed by atoms with van der Waals surface area (Å²) in [6.45, 7) is 12.0. The zero-order valence-electron chi connectivity index (χ0n) is 22.7. The lowest BCUT2D eigenvalue weighted by atomic mass is 9.91. The van der Waals surface area contributed by atoms with Gasteiger partial charge in [-0.2, -0.15) is 0 Å². The summed E-state index contributed by atoms with van der Waals surface area (Å²) in [6.07, 6.45) is 14.8. The van der Waals surface area contributed by atoms with Crippen molar-refractivity contribution in [3.63, 3.8) is 0 Å². The number of rotatable bonds is 17. The minimum atomic E-state index is -2.82. The summed E-state index contributed by atoms with van der Waals surface area (Å²) in [6, 6.07) is 21.3. The van der Waals surface area contributed by atoms with E-state index in [0.717, 1.165) is 13.0 Å². The highest BCUT2D eigenvalue weighted by molar-refractivity contribution is 6.92. The number of hydrogen-bond acceptors (Lipinski definition) is 2. The van der Waals surface area contributed by atoms with Crippen LogP contribution >= 0.6 is 0 Å². The zero-order valence-corrected chi connectivity index (χ0v) is 23.7. The lowest BCUT2D eigenvalue weighted by molar-refractivity contribution is 0.0637. The van der Waals surface area contributed by atoms with Crippen LogP contribution in [0, 0.1) is 5.41 Å². The summed E-state index contributed by atoms with van der Waals surface area (Å²) in [5.41, 5.74) is 0.0434. The van der Waals surface area contributed by atoms with E-state index in [1.165, 1.54) is 74.6 Å². The minimum absolute atomic E-state index is 0.0434. The van der Waals surface area contributed by atoms with Crippen LogP contribution in [0.25, 0.3) is 0 Å². The molecule has 0 bridgehead atoms. The van der Waals surface area contributed by atoms with Gasteiger partial charge in [-0.05, 0) is 29.1 Å². The van der Waals surface area contributed by atoms with Gasteiger partial charge in [0.15, 0.2) is 0 Å². The van der Waals surface area contributed by atoms with E-state index < -0.39 is 8.56 Å². The zero-order chi connectivity index (χ0) is 24.7. The smallest absolute Gasteiger partial charge is 0.388 e.